The maximum atomic E-state index is 12.6. The standard InChI is InChI=1S/C13H14BrNO3S2/c1-2-15(8-10-6-4-3-5-7-10)20(17,18)13-12(16)11(14)9-19-13/h3-7,9,16H,2,8H2,1H3. The fourth-order valence-electron chi connectivity index (χ4n) is 1.77. The van der Waals surface area contributed by atoms with Gasteiger partial charge in [0, 0.05) is 18.5 Å². The molecule has 0 saturated heterocycles. The van der Waals surface area contributed by atoms with Gasteiger partial charge in [0.2, 0.25) is 0 Å². The second kappa shape index (κ2) is 6.26. The van der Waals surface area contributed by atoms with Gasteiger partial charge in [0.15, 0.2) is 9.96 Å². The normalized spacial score (nSPS) is 11.9. The van der Waals surface area contributed by atoms with Gasteiger partial charge in [-0.05, 0) is 21.5 Å². The summed E-state index contributed by atoms with van der Waals surface area (Å²) in [5.74, 6) is -0.221. The number of aromatic hydroxyl groups is 1. The topological polar surface area (TPSA) is 57.6 Å². The van der Waals surface area contributed by atoms with Crippen LogP contribution in [0.25, 0.3) is 0 Å². The first-order chi connectivity index (χ1) is 9.46. The molecule has 1 heterocycles. The van der Waals surface area contributed by atoms with Gasteiger partial charge in [-0.3, -0.25) is 0 Å². The Hall–Kier alpha value is -0.890. The van der Waals surface area contributed by atoms with Crippen molar-refractivity contribution in [1.29, 1.82) is 0 Å². The van der Waals surface area contributed by atoms with Crippen LogP contribution in [0.5, 0.6) is 5.75 Å². The Balaban J connectivity index is 2.33. The van der Waals surface area contributed by atoms with Gasteiger partial charge in [0.05, 0.1) is 4.47 Å². The molecule has 2 aromatic rings. The SMILES string of the molecule is CCN(Cc1ccccc1)S(=O)(=O)c1scc(Br)c1O. The van der Waals surface area contributed by atoms with Gasteiger partial charge in [0.1, 0.15) is 0 Å². The molecule has 0 spiro atoms. The minimum absolute atomic E-state index is 0.0258. The zero-order chi connectivity index (χ0) is 14.8. The highest BCUT2D eigenvalue weighted by Crippen LogP contribution is 2.38. The molecule has 0 radical (unpaired) electrons. The first-order valence-corrected chi connectivity index (χ1v) is 9.08. The molecule has 1 aromatic heterocycles. The summed E-state index contributed by atoms with van der Waals surface area (Å²) in [5, 5.41) is 11.4. The van der Waals surface area contributed by atoms with Crippen LogP contribution >= 0.6 is 27.3 Å². The number of hydrogen-bond acceptors (Lipinski definition) is 4. The van der Waals surface area contributed by atoms with E-state index in [0.717, 1.165) is 16.9 Å². The molecule has 7 heteroatoms. The second-order valence-corrected chi connectivity index (χ2v) is 8.00. The first-order valence-electron chi connectivity index (χ1n) is 5.96. The lowest BCUT2D eigenvalue weighted by Gasteiger charge is -2.19. The third-order valence-corrected chi connectivity index (χ3v) is 7.14. The second-order valence-electron chi connectivity index (χ2n) is 4.14. The van der Waals surface area contributed by atoms with Crippen LogP contribution in [0, 0.1) is 0 Å². The van der Waals surface area contributed by atoms with Crippen molar-refractivity contribution >= 4 is 37.3 Å². The van der Waals surface area contributed by atoms with Crippen LogP contribution < -0.4 is 0 Å². The third-order valence-electron chi connectivity index (χ3n) is 2.82. The van der Waals surface area contributed by atoms with Crippen LogP contribution in [-0.4, -0.2) is 24.4 Å². The number of thiophene rings is 1. The van der Waals surface area contributed by atoms with Crippen LogP contribution in [-0.2, 0) is 16.6 Å². The molecule has 2 rings (SSSR count). The predicted molar refractivity (Wildman–Crippen MR) is 83.4 cm³/mol. The highest BCUT2D eigenvalue weighted by molar-refractivity contribution is 9.10. The maximum absolute atomic E-state index is 12.6. The Morgan fingerprint density at radius 2 is 1.95 bits per heavy atom. The Labute approximate surface area is 130 Å². The molecule has 0 unspecified atom stereocenters. The minimum Gasteiger partial charge on any atom is -0.505 e. The summed E-state index contributed by atoms with van der Waals surface area (Å²) in [4.78, 5) is 0. The highest BCUT2D eigenvalue weighted by atomic mass is 79.9. The van der Waals surface area contributed by atoms with Crippen molar-refractivity contribution in [3.05, 3.63) is 45.7 Å². The molecule has 1 aromatic carbocycles. The number of benzene rings is 1. The molecule has 0 saturated carbocycles. The lowest BCUT2D eigenvalue weighted by molar-refractivity contribution is 0.416. The van der Waals surface area contributed by atoms with Crippen LogP contribution in [0.1, 0.15) is 12.5 Å². The first kappa shape index (κ1) is 15.5. The van der Waals surface area contributed by atoms with Crippen molar-refractivity contribution in [3.63, 3.8) is 0 Å². The van der Waals surface area contributed by atoms with Gasteiger partial charge in [-0.2, -0.15) is 4.31 Å². The molecule has 0 fully saturated rings. The van der Waals surface area contributed by atoms with Crippen LogP contribution in [0.4, 0.5) is 0 Å². The summed E-state index contributed by atoms with van der Waals surface area (Å²) in [6.07, 6.45) is 0. The molecule has 0 aliphatic heterocycles. The van der Waals surface area contributed by atoms with Crippen molar-refractivity contribution in [3.8, 4) is 5.75 Å². The summed E-state index contributed by atoms with van der Waals surface area (Å²) in [5.41, 5.74) is 0.910. The number of nitrogens with zero attached hydrogens (tertiary/aromatic N) is 1. The number of sulfonamides is 1. The molecular weight excluding hydrogens is 362 g/mol. The molecule has 0 amide bonds. The number of rotatable bonds is 5. The van der Waals surface area contributed by atoms with Crippen molar-refractivity contribution < 1.29 is 13.5 Å². The lowest BCUT2D eigenvalue weighted by Crippen LogP contribution is -2.29. The van der Waals surface area contributed by atoms with Crippen molar-refractivity contribution in [2.24, 2.45) is 0 Å². The fraction of sp³-hybridized carbons (Fsp3) is 0.231. The van der Waals surface area contributed by atoms with Gasteiger partial charge in [-0.15, -0.1) is 11.3 Å². The van der Waals surface area contributed by atoms with Gasteiger partial charge < -0.3 is 5.11 Å². The average molecular weight is 376 g/mol. The van der Waals surface area contributed by atoms with Gasteiger partial charge >= 0.3 is 0 Å². The van der Waals surface area contributed by atoms with Gasteiger partial charge in [-0.25, -0.2) is 8.42 Å². The van der Waals surface area contributed by atoms with E-state index >= 15 is 0 Å². The van der Waals surface area contributed by atoms with E-state index in [9.17, 15) is 13.5 Å². The van der Waals surface area contributed by atoms with Crippen molar-refractivity contribution in [1.82, 2.24) is 4.31 Å². The van der Waals surface area contributed by atoms with Gasteiger partial charge in [-0.1, -0.05) is 37.3 Å². The number of hydrogen-bond donors (Lipinski definition) is 1. The van der Waals surface area contributed by atoms with E-state index < -0.39 is 10.0 Å². The monoisotopic (exact) mass is 375 g/mol. The zero-order valence-electron chi connectivity index (χ0n) is 10.8. The van der Waals surface area contributed by atoms with E-state index in [2.05, 4.69) is 15.9 Å². The van der Waals surface area contributed by atoms with E-state index in [0.29, 0.717) is 11.0 Å². The van der Waals surface area contributed by atoms with Crippen LogP contribution in [0.2, 0.25) is 0 Å². The number of halogens is 1. The largest absolute Gasteiger partial charge is 0.505 e. The van der Waals surface area contributed by atoms with Crippen LogP contribution in [0.3, 0.4) is 0 Å². The molecule has 0 bridgehead atoms. The van der Waals surface area contributed by atoms with E-state index in [-0.39, 0.29) is 16.5 Å². The molecule has 0 aliphatic rings. The van der Waals surface area contributed by atoms with Crippen molar-refractivity contribution in [2.75, 3.05) is 6.54 Å². The molecule has 1 N–H and O–H groups in total. The highest BCUT2D eigenvalue weighted by Gasteiger charge is 2.29. The van der Waals surface area contributed by atoms with Crippen LogP contribution in [0.15, 0.2) is 44.4 Å². The van der Waals surface area contributed by atoms with E-state index in [1.165, 1.54) is 4.31 Å². The zero-order valence-corrected chi connectivity index (χ0v) is 14.0. The third kappa shape index (κ3) is 3.06. The quantitative estimate of drug-likeness (QED) is 0.870. The molecular formula is C13H14BrNO3S2. The van der Waals surface area contributed by atoms with E-state index in [1.54, 1.807) is 12.3 Å². The summed E-state index contributed by atoms with van der Waals surface area (Å²) >= 11 is 4.13. The molecule has 20 heavy (non-hydrogen) atoms. The Kier molecular flexibility index (Phi) is 4.85. The fourth-order valence-corrected chi connectivity index (χ4v) is 5.25. The molecule has 0 aliphatic carbocycles. The Morgan fingerprint density at radius 1 is 1.30 bits per heavy atom. The molecule has 4 nitrogen and oxygen atoms in total. The van der Waals surface area contributed by atoms with Crippen molar-refractivity contribution in [2.45, 2.75) is 17.7 Å². The summed E-state index contributed by atoms with van der Waals surface area (Å²) in [6.45, 7) is 2.40. The molecule has 108 valence electrons. The summed E-state index contributed by atoms with van der Waals surface area (Å²) in [7, 11) is -3.69. The summed E-state index contributed by atoms with van der Waals surface area (Å²) in [6, 6.07) is 9.38. The van der Waals surface area contributed by atoms with E-state index in [1.807, 2.05) is 30.3 Å². The van der Waals surface area contributed by atoms with E-state index in [4.69, 9.17) is 0 Å². The molecule has 0 atom stereocenters. The summed E-state index contributed by atoms with van der Waals surface area (Å²) < 4.78 is 26.8. The predicted octanol–water partition coefficient (Wildman–Crippen LogP) is 3.43. The Bertz CT molecular complexity index is 683. The minimum atomic E-state index is -3.69. The van der Waals surface area contributed by atoms with Gasteiger partial charge in [0.25, 0.3) is 10.0 Å². The smallest absolute Gasteiger partial charge is 0.256 e. The maximum Gasteiger partial charge on any atom is 0.256 e. The lowest BCUT2D eigenvalue weighted by atomic mass is 10.2. The Morgan fingerprint density at radius 3 is 2.45 bits per heavy atom. The average Bonchev–Trinajstić information content (AvgIpc) is 2.78.